The quantitative estimate of drug-likeness (QED) is 0.565. The molecule has 1 rings (SSSR count). The van der Waals surface area contributed by atoms with E-state index >= 15 is 0 Å². The van der Waals surface area contributed by atoms with Gasteiger partial charge < -0.3 is 20.5 Å². The maximum absolute atomic E-state index is 11.5. The Kier molecular flexibility index (Phi) is 5.60. The molecule has 2 unspecified atom stereocenters. The summed E-state index contributed by atoms with van der Waals surface area (Å²) >= 11 is 0. The summed E-state index contributed by atoms with van der Waals surface area (Å²) in [6, 6.07) is 0.0269. The van der Waals surface area contributed by atoms with Gasteiger partial charge in [0.15, 0.2) is 0 Å². The van der Waals surface area contributed by atoms with Crippen molar-refractivity contribution in [2.75, 3.05) is 26.3 Å². The summed E-state index contributed by atoms with van der Waals surface area (Å²) in [4.78, 5) is 11.5. The number of amides is 1. The maximum atomic E-state index is 11.5. The van der Waals surface area contributed by atoms with Crippen molar-refractivity contribution < 1.29 is 14.6 Å². The molecule has 1 amide bonds. The van der Waals surface area contributed by atoms with Gasteiger partial charge in [0.1, 0.15) is 0 Å². The number of hydrogen-bond acceptors (Lipinski definition) is 4. The highest BCUT2D eigenvalue weighted by Gasteiger charge is 2.17. The number of morpholine rings is 1. The van der Waals surface area contributed by atoms with Gasteiger partial charge in [-0.3, -0.25) is 4.79 Å². The average molecular weight is 216 g/mol. The van der Waals surface area contributed by atoms with Crippen molar-refractivity contribution in [3.05, 3.63) is 0 Å². The average Bonchev–Trinajstić information content (AvgIpc) is 2.19. The molecule has 88 valence electrons. The minimum Gasteiger partial charge on any atom is -0.396 e. The van der Waals surface area contributed by atoms with Crippen molar-refractivity contribution in [1.82, 2.24) is 10.6 Å². The molecule has 1 fully saturated rings. The summed E-state index contributed by atoms with van der Waals surface area (Å²) in [5.41, 5.74) is 0. The number of rotatable bonds is 5. The second kappa shape index (κ2) is 6.76. The van der Waals surface area contributed by atoms with Crippen LogP contribution in [0.2, 0.25) is 0 Å². The summed E-state index contributed by atoms with van der Waals surface area (Å²) in [6.07, 6.45) is 0.971. The lowest BCUT2D eigenvalue weighted by Gasteiger charge is -2.23. The number of aliphatic hydroxyl groups is 1. The molecule has 0 saturated carbocycles. The summed E-state index contributed by atoms with van der Waals surface area (Å²) < 4.78 is 5.42. The minimum atomic E-state index is -0.0138. The third-order valence-corrected chi connectivity index (χ3v) is 2.39. The van der Waals surface area contributed by atoms with E-state index in [9.17, 15) is 4.79 Å². The monoisotopic (exact) mass is 216 g/mol. The van der Waals surface area contributed by atoms with Crippen molar-refractivity contribution in [1.29, 1.82) is 0 Å². The first-order chi connectivity index (χ1) is 7.22. The van der Waals surface area contributed by atoms with Crippen LogP contribution in [0.5, 0.6) is 0 Å². The van der Waals surface area contributed by atoms with E-state index in [1.807, 2.05) is 6.92 Å². The number of carbonyl (C=O) groups is 1. The highest BCUT2D eigenvalue weighted by molar-refractivity contribution is 5.76. The molecule has 0 bridgehead atoms. The standard InChI is InChI=1S/C10H20N2O3/c1-8(2-4-13)12-10(14)6-9-7-11-3-5-15-9/h8-9,11,13H,2-7H2,1H3,(H,12,14). The molecule has 0 aromatic rings. The Bertz CT molecular complexity index is 193. The van der Waals surface area contributed by atoms with Crippen molar-refractivity contribution in [3.8, 4) is 0 Å². The molecule has 0 aromatic carbocycles. The van der Waals surface area contributed by atoms with Crippen LogP contribution in [0.15, 0.2) is 0 Å². The second-order valence-corrected chi connectivity index (χ2v) is 3.88. The highest BCUT2D eigenvalue weighted by atomic mass is 16.5. The molecular weight excluding hydrogens is 196 g/mol. The van der Waals surface area contributed by atoms with Crippen LogP contribution in [0.4, 0.5) is 0 Å². The van der Waals surface area contributed by atoms with E-state index in [1.54, 1.807) is 0 Å². The van der Waals surface area contributed by atoms with Gasteiger partial charge in [0, 0.05) is 25.7 Å². The summed E-state index contributed by atoms with van der Waals surface area (Å²) in [5.74, 6) is -0.00958. The molecule has 1 saturated heterocycles. The Labute approximate surface area is 90.2 Å². The summed E-state index contributed by atoms with van der Waals surface area (Å²) in [6.45, 7) is 4.25. The van der Waals surface area contributed by atoms with Crippen LogP contribution in [-0.4, -0.2) is 49.5 Å². The third kappa shape index (κ3) is 5.11. The lowest BCUT2D eigenvalue weighted by Crippen LogP contribution is -2.43. The van der Waals surface area contributed by atoms with Gasteiger partial charge in [0.05, 0.1) is 19.1 Å². The fraction of sp³-hybridized carbons (Fsp3) is 0.900. The van der Waals surface area contributed by atoms with Crippen molar-refractivity contribution in [2.24, 2.45) is 0 Å². The molecular formula is C10H20N2O3. The zero-order valence-electron chi connectivity index (χ0n) is 9.16. The molecule has 2 atom stereocenters. The molecule has 1 aliphatic heterocycles. The lowest BCUT2D eigenvalue weighted by atomic mass is 10.2. The molecule has 5 nitrogen and oxygen atoms in total. The summed E-state index contributed by atoms with van der Waals surface area (Å²) in [7, 11) is 0. The van der Waals surface area contributed by atoms with Gasteiger partial charge >= 0.3 is 0 Å². The van der Waals surface area contributed by atoms with E-state index < -0.39 is 0 Å². The molecule has 3 N–H and O–H groups in total. The van der Waals surface area contributed by atoms with E-state index in [1.165, 1.54) is 0 Å². The Morgan fingerprint density at radius 3 is 3.13 bits per heavy atom. The van der Waals surface area contributed by atoms with Gasteiger partial charge in [-0.05, 0) is 13.3 Å². The number of ether oxygens (including phenoxy) is 1. The molecule has 1 heterocycles. The van der Waals surface area contributed by atoms with E-state index in [0.717, 1.165) is 13.1 Å². The van der Waals surface area contributed by atoms with Crippen LogP contribution < -0.4 is 10.6 Å². The van der Waals surface area contributed by atoms with Crippen LogP contribution in [0, 0.1) is 0 Å². The van der Waals surface area contributed by atoms with E-state index in [2.05, 4.69) is 10.6 Å². The van der Waals surface area contributed by atoms with Gasteiger partial charge in [0.2, 0.25) is 5.91 Å². The topological polar surface area (TPSA) is 70.6 Å². The molecule has 0 spiro atoms. The van der Waals surface area contributed by atoms with Gasteiger partial charge in [-0.2, -0.15) is 0 Å². The van der Waals surface area contributed by atoms with Gasteiger partial charge in [-0.1, -0.05) is 0 Å². The second-order valence-electron chi connectivity index (χ2n) is 3.88. The Hall–Kier alpha value is -0.650. The van der Waals surface area contributed by atoms with Crippen LogP contribution in [-0.2, 0) is 9.53 Å². The first-order valence-corrected chi connectivity index (χ1v) is 5.45. The minimum absolute atomic E-state index is 0.00958. The molecule has 5 heteroatoms. The van der Waals surface area contributed by atoms with Crippen LogP contribution in [0.1, 0.15) is 19.8 Å². The van der Waals surface area contributed by atoms with Gasteiger partial charge in [-0.25, -0.2) is 0 Å². The van der Waals surface area contributed by atoms with Crippen molar-refractivity contribution in [2.45, 2.75) is 31.9 Å². The number of carbonyl (C=O) groups excluding carboxylic acids is 1. The zero-order chi connectivity index (χ0) is 11.1. The normalized spacial score (nSPS) is 23.5. The van der Waals surface area contributed by atoms with Crippen LogP contribution >= 0.6 is 0 Å². The fourth-order valence-electron chi connectivity index (χ4n) is 1.56. The van der Waals surface area contributed by atoms with E-state index in [-0.39, 0.29) is 24.7 Å². The molecule has 0 radical (unpaired) electrons. The van der Waals surface area contributed by atoms with Gasteiger partial charge in [0.25, 0.3) is 0 Å². The SMILES string of the molecule is CC(CCO)NC(=O)CC1CNCCO1. The summed E-state index contributed by atoms with van der Waals surface area (Å²) in [5, 5.41) is 14.7. The Morgan fingerprint density at radius 2 is 2.53 bits per heavy atom. The molecule has 0 aromatic heterocycles. The largest absolute Gasteiger partial charge is 0.396 e. The third-order valence-electron chi connectivity index (χ3n) is 2.39. The smallest absolute Gasteiger partial charge is 0.222 e. The first kappa shape index (κ1) is 12.4. The predicted octanol–water partition coefficient (Wildman–Crippen LogP) is -0.748. The Balaban J connectivity index is 2.16. The predicted molar refractivity (Wildman–Crippen MR) is 56.5 cm³/mol. The molecule has 1 aliphatic rings. The number of hydrogen-bond donors (Lipinski definition) is 3. The first-order valence-electron chi connectivity index (χ1n) is 5.45. The highest BCUT2D eigenvalue weighted by Crippen LogP contribution is 2.01. The van der Waals surface area contributed by atoms with Gasteiger partial charge in [-0.15, -0.1) is 0 Å². The molecule has 0 aliphatic carbocycles. The van der Waals surface area contributed by atoms with Crippen molar-refractivity contribution >= 4 is 5.91 Å². The maximum Gasteiger partial charge on any atom is 0.222 e. The van der Waals surface area contributed by atoms with E-state index in [4.69, 9.17) is 9.84 Å². The van der Waals surface area contributed by atoms with E-state index in [0.29, 0.717) is 19.4 Å². The zero-order valence-corrected chi connectivity index (χ0v) is 9.16. The fourth-order valence-corrected chi connectivity index (χ4v) is 1.56. The van der Waals surface area contributed by atoms with Crippen LogP contribution in [0.25, 0.3) is 0 Å². The molecule has 15 heavy (non-hydrogen) atoms. The van der Waals surface area contributed by atoms with Crippen molar-refractivity contribution in [3.63, 3.8) is 0 Å². The number of nitrogens with one attached hydrogen (secondary N) is 2. The van der Waals surface area contributed by atoms with Crippen LogP contribution in [0.3, 0.4) is 0 Å². The number of aliphatic hydroxyl groups excluding tert-OH is 1. The lowest BCUT2D eigenvalue weighted by molar-refractivity contribution is -0.125. The Morgan fingerprint density at radius 1 is 1.73 bits per heavy atom.